The summed E-state index contributed by atoms with van der Waals surface area (Å²) >= 11 is 1.78. The van der Waals surface area contributed by atoms with Crippen LogP contribution in [-0.2, 0) is 6.54 Å². The van der Waals surface area contributed by atoms with E-state index in [2.05, 4.69) is 48.8 Å². The zero-order valence-electron chi connectivity index (χ0n) is 11.3. The number of pyridine rings is 1. The molecule has 0 amide bonds. The Balaban J connectivity index is 2.06. The molecule has 0 aromatic carbocycles. The minimum atomic E-state index is 0.302. The molecule has 18 heavy (non-hydrogen) atoms. The van der Waals surface area contributed by atoms with Gasteiger partial charge in [-0.05, 0) is 40.0 Å². The Morgan fingerprint density at radius 3 is 2.67 bits per heavy atom. The van der Waals surface area contributed by atoms with Crippen molar-refractivity contribution in [3.8, 4) is 0 Å². The van der Waals surface area contributed by atoms with Crippen molar-refractivity contribution >= 4 is 11.3 Å². The summed E-state index contributed by atoms with van der Waals surface area (Å²) in [5.74, 6) is 0. The number of hydrogen-bond donors (Lipinski definition) is 0. The molecule has 0 saturated carbocycles. The van der Waals surface area contributed by atoms with Gasteiger partial charge < -0.3 is 0 Å². The van der Waals surface area contributed by atoms with Crippen LogP contribution in [0.4, 0.5) is 0 Å². The molecule has 0 aliphatic heterocycles. The first-order chi connectivity index (χ1) is 8.58. The Morgan fingerprint density at radius 2 is 2.11 bits per heavy atom. The van der Waals surface area contributed by atoms with E-state index in [1.807, 2.05) is 18.3 Å². The lowest BCUT2D eigenvalue weighted by Gasteiger charge is -2.23. The van der Waals surface area contributed by atoms with E-state index < -0.39 is 0 Å². The molecule has 2 rings (SSSR count). The quantitative estimate of drug-likeness (QED) is 0.845. The lowest BCUT2D eigenvalue weighted by atomic mass is 10.2. The molecule has 0 radical (unpaired) electrons. The highest BCUT2D eigenvalue weighted by Gasteiger charge is 2.14. The maximum absolute atomic E-state index is 4.58. The molecular weight excluding hydrogens is 242 g/mol. The van der Waals surface area contributed by atoms with Gasteiger partial charge in [-0.3, -0.25) is 9.88 Å². The molecule has 2 aromatic heterocycles. The fourth-order valence-electron chi connectivity index (χ4n) is 1.81. The molecule has 2 heterocycles. The molecule has 2 aromatic rings. The average molecular weight is 261 g/mol. The van der Waals surface area contributed by atoms with Crippen LogP contribution in [0, 0.1) is 13.8 Å². The maximum Gasteiger partial charge on any atom is 0.107 e. The van der Waals surface area contributed by atoms with Gasteiger partial charge in [-0.15, -0.1) is 11.3 Å². The number of aryl methyl sites for hydroxylation is 2. The summed E-state index contributed by atoms with van der Waals surface area (Å²) in [6.07, 6.45) is 1.84. The highest BCUT2D eigenvalue weighted by Crippen LogP contribution is 2.22. The molecule has 96 valence electrons. The molecule has 0 spiro atoms. The predicted octanol–water partition coefficient (Wildman–Crippen LogP) is 3.35. The van der Waals surface area contributed by atoms with Crippen molar-refractivity contribution in [2.24, 2.45) is 0 Å². The van der Waals surface area contributed by atoms with Crippen LogP contribution in [-0.4, -0.2) is 21.9 Å². The van der Waals surface area contributed by atoms with Crippen molar-refractivity contribution in [2.45, 2.75) is 33.4 Å². The number of thiazole rings is 1. The van der Waals surface area contributed by atoms with Gasteiger partial charge in [-0.2, -0.15) is 0 Å². The van der Waals surface area contributed by atoms with Crippen molar-refractivity contribution in [3.63, 3.8) is 0 Å². The molecule has 0 aliphatic carbocycles. The van der Waals surface area contributed by atoms with Crippen molar-refractivity contribution in [2.75, 3.05) is 7.05 Å². The summed E-state index contributed by atoms with van der Waals surface area (Å²) in [4.78, 5) is 12.6. The van der Waals surface area contributed by atoms with Gasteiger partial charge in [0.25, 0.3) is 0 Å². The Hall–Kier alpha value is -1.26. The van der Waals surface area contributed by atoms with Gasteiger partial charge in [0.05, 0.1) is 17.9 Å². The van der Waals surface area contributed by atoms with E-state index in [-0.39, 0.29) is 0 Å². The fourth-order valence-corrected chi connectivity index (χ4v) is 2.80. The zero-order valence-corrected chi connectivity index (χ0v) is 12.2. The maximum atomic E-state index is 4.58. The third-order valence-electron chi connectivity index (χ3n) is 3.23. The standard InChI is InChI=1S/C14H19N3S/c1-10-12(3)18-14(16-10)9-17(4)11(2)13-7-5-6-8-15-13/h5-8,11H,9H2,1-4H3. The van der Waals surface area contributed by atoms with Gasteiger partial charge in [0.2, 0.25) is 0 Å². The first-order valence-corrected chi connectivity index (χ1v) is 6.93. The first-order valence-electron chi connectivity index (χ1n) is 6.12. The van der Waals surface area contributed by atoms with Crippen LogP contribution in [0.3, 0.4) is 0 Å². The summed E-state index contributed by atoms with van der Waals surface area (Å²) in [6.45, 7) is 7.24. The molecule has 0 fully saturated rings. The highest BCUT2D eigenvalue weighted by atomic mass is 32.1. The van der Waals surface area contributed by atoms with Crippen LogP contribution in [0.5, 0.6) is 0 Å². The largest absolute Gasteiger partial charge is 0.291 e. The predicted molar refractivity (Wildman–Crippen MR) is 75.7 cm³/mol. The smallest absolute Gasteiger partial charge is 0.107 e. The Labute approximate surface area is 113 Å². The second kappa shape index (κ2) is 5.59. The van der Waals surface area contributed by atoms with E-state index in [1.165, 1.54) is 9.88 Å². The Kier molecular flexibility index (Phi) is 4.09. The van der Waals surface area contributed by atoms with Gasteiger partial charge in [-0.25, -0.2) is 4.98 Å². The van der Waals surface area contributed by atoms with Crippen LogP contribution < -0.4 is 0 Å². The van der Waals surface area contributed by atoms with Crippen LogP contribution in [0.2, 0.25) is 0 Å². The summed E-state index contributed by atoms with van der Waals surface area (Å²) in [7, 11) is 2.12. The van der Waals surface area contributed by atoms with Gasteiger partial charge in [0.15, 0.2) is 0 Å². The molecule has 1 atom stereocenters. The van der Waals surface area contributed by atoms with Crippen LogP contribution >= 0.6 is 11.3 Å². The minimum Gasteiger partial charge on any atom is -0.291 e. The van der Waals surface area contributed by atoms with E-state index in [0.717, 1.165) is 17.9 Å². The second-order valence-corrected chi connectivity index (χ2v) is 5.88. The lowest BCUT2D eigenvalue weighted by Crippen LogP contribution is -2.22. The summed E-state index contributed by atoms with van der Waals surface area (Å²) < 4.78 is 0. The second-order valence-electron chi connectivity index (χ2n) is 4.59. The molecule has 0 bridgehead atoms. The van der Waals surface area contributed by atoms with E-state index >= 15 is 0 Å². The van der Waals surface area contributed by atoms with Crippen molar-refractivity contribution in [1.29, 1.82) is 0 Å². The molecule has 0 aliphatic rings. The zero-order chi connectivity index (χ0) is 13.1. The Bertz CT molecular complexity index is 488. The highest BCUT2D eigenvalue weighted by molar-refractivity contribution is 7.11. The van der Waals surface area contributed by atoms with Crippen LogP contribution in [0.15, 0.2) is 24.4 Å². The number of hydrogen-bond acceptors (Lipinski definition) is 4. The SMILES string of the molecule is Cc1nc(CN(C)C(C)c2ccccn2)sc1C. The molecule has 3 nitrogen and oxygen atoms in total. The fraction of sp³-hybridized carbons (Fsp3) is 0.429. The van der Waals surface area contributed by atoms with Gasteiger partial charge in [0, 0.05) is 17.1 Å². The lowest BCUT2D eigenvalue weighted by molar-refractivity contribution is 0.248. The summed E-state index contributed by atoms with van der Waals surface area (Å²) in [5, 5.41) is 1.18. The van der Waals surface area contributed by atoms with E-state index in [0.29, 0.717) is 6.04 Å². The summed E-state index contributed by atoms with van der Waals surface area (Å²) in [6, 6.07) is 6.35. The molecule has 0 N–H and O–H groups in total. The van der Waals surface area contributed by atoms with Crippen molar-refractivity contribution in [3.05, 3.63) is 45.7 Å². The molecule has 1 unspecified atom stereocenters. The monoisotopic (exact) mass is 261 g/mol. The number of nitrogens with zero attached hydrogens (tertiary/aromatic N) is 3. The Morgan fingerprint density at radius 1 is 1.33 bits per heavy atom. The molecular formula is C14H19N3S. The number of aromatic nitrogens is 2. The van der Waals surface area contributed by atoms with Crippen molar-refractivity contribution < 1.29 is 0 Å². The van der Waals surface area contributed by atoms with E-state index in [1.54, 1.807) is 11.3 Å². The minimum absolute atomic E-state index is 0.302. The van der Waals surface area contributed by atoms with Crippen molar-refractivity contribution in [1.82, 2.24) is 14.9 Å². The molecule has 4 heteroatoms. The number of rotatable bonds is 4. The van der Waals surface area contributed by atoms with Crippen LogP contribution in [0.25, 0.3) is 0 Å². The third-order valence-corrected chi connectivity index (χ3v) is 4.29. The van der Waals surface area contributed by atoms with Gasteiger partial charge >= 0.3 is 0 Å². The van der Waals surface area contributed by atoms with Crippen LogP contribution in [0.1, 0.15) is 34.2 Å². The topological polar surface area (TPSA) is 29.0 Å². The third kappa shape index (κ3) is 2.94. The summed E-state index contributed by atoms with van der Waals surface area (Å²) in [5.41, 5.74) is 2.25. The van der Waals surface area contributed by atoms with Gasteiger partial charge in [-0.1, -0.05) is 6.07 Å². The van der Waals surface area contributed by atoms with E-state index in [4.69, 9.17) is 0 Å². The molecule has 0 saturated heterocycles. The average Bonchev–Trinajstić information content (AvgIpc) is 2.68. The normalized spacial score (nSPS) is 12.9. The first kappa shape index (κ1) is 13.2. The van der Waals surface area contributed by atoms with Gasteiger partial charge in [0.1, 0.15) is 5.01 Å². The van der Waals surface area contributed by atoms with E-state index in [9.17, 15) is 0 Å².